The normalized spacial score (nSPS) is 17.7. The maximum Gasteiger partial charge on any atom is 0.435 e. The number of aromatic nitrogens is 2. The van der Waals surface area contributed by atoms with Crippen LogP contribution in [0.4, 0.5) is 13.2 Å². The number of nitrogens with zero attached hydrogens (tertiary/aromatic N) is 3. The van der Waals surface area contributed by atoms with Crippen LogP contribution in [-0.2, 0) is 6.18 Å². The minimum absolute atomic E-state index is 0.466. The molecule has 2 rings (SSSR count). The Balaban J connectivity index is 2.09. The lowest BCUT2D eigenvalue weighted by molar-refractivity contribution is -0.141. The van der Waals surface area contributed by atoms with Crippen LogP contribution in [0.2, 0.25) is 0 Å². The Labute approximate surface area is 103 Å². The van der Waals surface area contributed by atoms with E-state index in [0.29, 0.717) is 5.69 Å². The first-order chi connectivity index (χ1) is 8.47. The molecule has 0 aromatic carbocycles. The van der Waals surface area contributed by atoms with Crippen LogP contribution in [0, 0.1) is 6.92 Å². The predicted molar refractivity (Wildman–Crippen MR) is 61.7 cm³/mol. The molecule has 0 amide bonds. The molecule has 2 heterocycles. The largest absolute Gasteiger partial charge is 0.435 e. The fraction of sp³-hybridized carbons (Fsp3) is 0.545. The van der Waals surface area contributed by atoms with E-state index in [1.54, 1.807) is 19.3 Å². The van der Waals surface area contributed by atoms with Gasteiger partial charge in [0.1, 0.15) is 0 Å². The van der Waals surface area contributed by atoms with Crippen LogP contribution < -0.4 is 5.32 Å². The Morgan fingerprint density at radius 2 is 1.94 bits per heavy atom. The first-order valence-electron chi connectivity index (χ1n) is 5.73. The van der Waals surface area contributed by atoms with Crippen LogP contribution in [0.3, 0.4) is 0 Å². The molecule has 1 aromatic rings. The zero-order valence-corrected chi connectivity index (χ0v) is 10.0. The maximum absolute atomic E-state index is 12.5. The van der Waals surface area contributed by atoms with Gasteiger partial charge >= 0.3 is 6.18 Å². The van der Waals surface area contributed by atoms with Crippen molar-refractivity contribution in [2.75, 3.05) is 26.2 Å². The zero-order chi connectivity index (χ0) is 13.2. The zero-order valence-electron chi connectivity index (χ0n) is 10.0. The number of alkyl halides is 3. The van der Waals surface area contributed by atoms with Crippen molar-refractivity contribution in [3.8, 4) is 0 Å². The monoisotopic (exact) mass is 260 g/mol. The summed E-state index contributed by atoms with van der Waals surface area (Å²) in [4.78, 5) is 2.05. The van der Waals surface area contributed by atoms with Crippen molar-refractivity contribution in [2.45, 2.75) is 13.1 Å². The molecule has 0 bridgehead atoms. The molecular formula is C11H15F3N4. The number of aryl methyl sites for hydroxylation is 1. The fourth-order valence-corrected chi connectivity index (χ4v) is 1.77. The molecular weight excluding hydrogens is 245 g/mol. The van der Waals surface area contributed by atoms with Crippen LogP contribution in [0.1, 0.15) is 11.4 Å². The van der Waals surface area contributed by atoms with Crippen molar-refractivity contribution in [2.24, 2.45) is 0 Å². The molecule has 0 atom stereocenters. The van der Waals surface area contributed by atoms with Crippen molar-refractivity contribution in [3.63, 3.8) is 0 Å². The molecule has 1 saturated heterocycles. The van der Waals surface area contributed by atoms with E-state index in [-0.39, 0.29) is 0 Å². The van der Waals surface area contributed by atoms with Gasteiger partial charge in [0.2, 0.25) is 0 Å². The van der Waals surface area contributed by atoms with Gasteiger partial charge in [0, 0.05) is 44.3 Å². The Morgan fingerprint density at radius 3 is 2.50 bits per heavy atom. The molecule has 1 aliphatic rings. The summed E-state index contributed by atoms with van der Waals surface area (Å²) in [5.41, 5.74) is -0.390. The highest BCUT2D eigenvalue weighted by molar-refractivity contribution is 5.26. The first kappa shape index (κ1) is 12.9. The molecule has 7 heteroatoms. The quantitative estimate of drug-likeness (QED) is 0.875. The number of halogens is 3. The van der Waals surface area contributed by atoms with E-state index in [1.807, 2.05) is 4.90 Å². The van der Waals surface area contributed by atoms with E-state index in [4.69, 9.17) is 0 Å². The molecule has 4 nitrogen and oxygen atoms in total. The summed E-state index contributed by atoms with van der Waals surface area (Å²) in [5, 5.41) is 6.73. The molecule has 0 saturated carbocycles. The summed E-state index contributed by atoms with van der Waals surface area (Å²) in [6.07, 6.45) is -1.05. The molecule has 0 spiro atoms. The van der Waals surface area contributed by atoms with E-state index >= 15 is 0 Å². The Hall–Kier alpha value is -1.50. The highest BCUT2D eigenvalue weighted by Crippen LogP contribution is 2.28. The highest BCUT2D eigenvalue weighted by atomic mass is 19.4. The van der Waals surface area contributed by atoms with Gasteiger partial charge in [-0.2, -0.15) is 18.3 Å². The van der Waals surface area contributed by atoms with Crippen molar-refractivity contribution in [3.05, 3.63) is 23.7 Å². The number of hydrogen-bond acceptors (Lipinski definition) is 3. The number of rotatable bonds is 2. The SMILES string of the molecule is Cc1cc(C(F)(F)F)nn1C=CN1CCNCC1. The van der Waals surface area contributed by atoms with Gasteiger partial charge in [0.15, 0.2) is 5.69 Å². The fourth-order valence-electron chi connectivity index (χ4n) is 1.77. The summed E-state index contributed by atoms with van der Waals surface area (Å²) in [5.74, 6) is 0. The second-order valence-electron chi connectivity index (χ2n) is 4.20. The van der Waals surface area contributed by atoms with Crippen molar-refractivity contribution < 1.29 is 13.2 Å². The van der Waals surface area contributed by atoms with Gasteiger partial charge in [-0.25, -0.2) is 4.68 Å². The number of nitrogens with one attached hydrogen (secondary N) is 1. The Kier molecular flexibility index (Phi) is 3.60. The van der Waals surface area contributed by atoms with E-state index in [0.717, 1.165) is 32.2 Å². The van der Waals surface area contributed by atoms with Gasteiger partial charge in [-0.15, -0.1) is 0 Å². The molecule has 1 fully saturated rings. The van der Waals surface area contributed by atoms with E-state index < -0.39 is 11.9 Å². The minimum atomic E-state index is -4.39. The molecule has 18 heavy (non-hydrogen) atoms. The van der Waals surface area contributed by atoms with Crippen molar-refractivity contribution in [1.29, 1.82) is 0 Å². The molecule has 0 aliphatic carbocycles. The average Bonchev–Trinajstić information content (AvgIpc) is 2.69. The highest BCUT2D eigenvalue weighted by Gasteiger charge is 2.34. The third-order valence-corrected chi connectivity index (χ3v) is 2.78. The van der Waals surface area contributed by atoms with Crippen LogP contribution >= 0.6 is 0 Å². The van der Waals surface area contributed by atoms with E-state index in [2.05, 4.69) is 10.4 Å². The smallest absolute Gasteiger partial charge is 0.374 e. The molecule has 100 valence electrons. The van der Waals surface area contributed by atoms with Crippen LogP contribution in [0.15, 0.2) is 12.3 Å². The van der Waals surface area contributed by atoms with Gasteiger partial charge < -0.3 is 10.2 Å². The van der Waals surface area contributed by atoms with E-state index in [9.17, 15) is 13.2 Å². The molecule has 0 radical (unpaired) electrons. The van der Waals surface area contributed by atoms with Gasteiger partial charge in [-0.05, 0) is 13.0 Å². The van der Waals surface area contributed by atoms with Gasteiger partial charge in [-0.3, -0.25) is 0 Å². The van der Waals surface area contributed by atoms with Crippen molar-refractivity contribution in [1.82, 2.24) is 20.0 Å². The predicted octanol–water partition coefficient (Wildman–Crippen LogP) is 1.54. The minimum Gasteiger partial charge on any atom is -0.374 e. The molecule has 1 aromatic heterocycles. The van der Waals surface area contributed by atoms with Gasteiger partial charge in [0.25, 0.3) is 0 Å². The lowest BCUT2D eigenvalue weighted by atomic mass is 10.4. The Morgan fingerprint density at radius 1 is 1.28 bits per heavy atom. The van der Waals surface area contributed by atoms with Gasteiger partial charge in [0.05, 0.1) is 0 Å². The first-order valence-corrected chi connectivity index (χ1v) is 5.73. The molecule has 0 unspecified atom stereocenters. The second-order valence-corrected chi connectivity index (χ2v) is 4.20. The lowest BCUT2D eigenvalue weighted by Gasteiger charge is -2.25. The second kappa shape index (κ2) is 5.01. The third kappa shape index (κ3) is 3.04. The Bertz CT molecular complexity index is 430. The summed E-state index contributed by atoms with van der Waals surface area (Å²) < 4.78 is 38.6. The van der Waals surface area contributed by atoms with Crippen LogP contribution in [0.25, 0.3) is 6.20 Å². The number of hydrogen-bond donors (Lipinski definition) is 1. The van der Waals surface area contributed by atoms with Crippen molar-refractivity contribution >= 4 is 6.20 Å². The van der Waals surface area contributed by atoms with E-state index in [1.165, 1.54) is 4.68 Å². The lowest BCUT2D eigenvalue weighted by Crippen LogP contribution is -2.40. The summed E-state index contributed by atoms with van der Waals surface area (Å²) in [6, 6.07) is 1.04. The van der Waals surface area contributed by atoms with Gasteiger partial charge in [-0.1, -0.05) is 0 Å². The topological polar surface area (TPSA) is 33.1 Å². The van der Waals surface area contributed by atoms with Crippen LogP contribution in [0.5, 0.6) is 0 Å². The maximum atomic E-state index is 12.5. The van der Waals surface area contributed by atoms with Crippen LogP contribution in [-0.4, -0.2) is 40.9 Å². The standard InChI is InChI=1S/C11H15F3N4/c1-9-8-10(11(12,13)14)16-18(9)7-6-17-4-2-15-3-5-17/h6-8,15H,2-5H2,1H3. The molecule has 1 aliphatic heterocycles. The summed E-state index contributed by atoms with van der Waals surface area (Å²) >= 11 is 0. The molecule has 1 N–H and O–H groups in total. The summed E-state index contributed by atoms with van der Waals surface area (Å²) in [7, 11) is 0. The average molecular weight is 260 g/mol. The summed E-state index contributed by atoms with van der Waals surface area (Å²) in [6.45, 7) is 5.07. The third-order valence-electron chi connectivity index (χ3n) is 2.78. The number of piperazine rings is 1.